The van der Waals surface area contributed by atoms with Gasteiger partial charge in [0.1, 0.15) is 5.69 Å². The zero-order chi connectivity index (χ0) is 17.9. The van der Waals surface area contributed by atoms with E-state index in [9.17, 15) is 4.79 Å². The van der Waals surface area contributed by atoms with E-state index in [-0.39, 0.29) is 5.91 Å². The number of carbonyl (C=O) groups excluding carboxylic acids is 1. The summed E-state index contributed by atoms with van der Waals surface area (Å²) >= 11 is 0. The van der Waals surface area contributed by atoms with Crippen molar-refractivity contribution in [2.75, 3.05) is 13.1 Å². The van der Waals surface area contributed by atoms with Crippen LogP contribution in [0.5, 0.6) is 0 Å². The first kappa shape index (κ1) is 16.6. The maximum Gasteiger partial charge on any atom is 0.274 e. The van der Waals surface area contributed by atoms with Crippen molar-refractivity contribution in [3.8, 4) is 0 Å². The fourth-order valence-electron chi connectivity index (χ4n) is 3.57. The fraction of sp³-hybridized carbons (Fsp3) is 0.333. The smallest absolute Gasteiger partial charge is 0.274 e. The molecule has 0 N–H and O–H groups in total. The molecule has 1 fully saturated rings. The largest absolute Gasteiger partial charge is 0.337 e. The second-order valence-electron chi connectivity index (χ2n) is 7.02. The molecule has 0 radical (unpaired) electrons. The molecule has 1 aromatic carbocycles. The van der Waals surface area contributed by atoms with Gasteiger partial charge >= 0.3 is 0 Å². The molecule has 1 aliphatic heterocycles. The van der Waals surface area contributed by atoms with Crippen molar-refractivity contribution in [3.63, 3.8) is 0 Å². The standard InChI is InChI=1S/C21H22N4O/c1-15-12-23-20(14-22-15)21(26)25-8-6-16(7-9-25)10-17-11-18-4-2-3-5-19(18)24-13-17/h2-5,11-14,16H,6-10H2,1H3. The Morgan fingerprint density at radius 2 is 1.88 bits per heavy atom. The Balaban J connectivity index is 1.37. The summed E-state index contributed by atoms with van der Waals surface area (Å²) in [6.45, 7) is 3.43. The summed E-state index contributed by atoms with van der Waals surface area (Å²) in [5, 5.41) is 1.19. The summed E-state index contributed by atoms with van der Waals surface area (Å²) in [6.07, 6.45) is 8.25. The molecule has 0 saturated carbocycles. The SMILES string of the molecule is Cc1cnc(C(=O)N2CCC(Cc3cnc4ccccc4c3)CC2)cn1. The number of nitrogens with zero attached hydrogens (tertiary/aromatic N) is 4. The zero-order valence-electron chi connectivity index (χ0n) is 14.9. The monoisotopic (exact) mass is 346 g/mol. The maximum absolute atomic E-state index is 12.5. The summed E-state index contributed by atoms with van der Waals surface area (Å²) in [7, 11) is 0. The predicted octanol–water partition coefficient (Wildman–Crippen LogP) is 3.43. The van der Waals surface area contributed by atoms with E-state index >= 15 is 0 Å². The third-order valence-electron chi connectivity index (χ3n) is 5.07. The van der Waals surface area contributed by atoms with Gasteiger partial charge in [-0.3, -0.25) is 14.8 Å². The van der Waals surface area contributed by atoms with E-state index in [0.717, 1.165) is 43.6 Å². The quantitative estimate of drug-likeness (QED) is 0.729. The van der Waals surface area contributed by atoms with E-state index in [2.05, 4.69) is 27.1 Å². The van der Waals surface area contributed by atoms with E-state index in [0.29, 0.717) is 11.6 Å². The van der Waals surface area contributed by atoms with Crippen LogP contribution in [0, 0.1) is 12.8 Å². The van der Waals surface area contributed by atoms with Gasteiger partial charge in [0, 0.05) is 30.9 Å². The van der Waals surface area contributed by atoms with Crippen LogP contribution in [0.4, 0.5) is 0 Å². The number of likely N-dealkylation sites (tertiary alicyclic amines) is 1. The molecule has 0 aliphatic carbocycles. The van der Waals surface area contributed by atoms with Gasteiger partial charge in [0.2, 0.25) is 0 Å². The lowest BCUT2D eigenvalue weighted by Gasteiger charge is -2.31. The number of pyridine rings is 1. The molecule has 1 aliphatic rings. The number of piperidine rings is 1. The Labute approximate surface area is 153 Å². The molecule has 0 atom stereocenters. The first-order valence-electron chi connectivity index (χ1n) is 9.10. The topological polar surface area (TPSA) is 59.0 Å². The number of para-hydroxylation sites is 1. The number of benzene rings is 1. The molecular weight excluding hydrogens is 324 g/mol. The van der Waals surface area contributed by atoms with Crippen LogP contribution in [0.2, 0.25) is 0 Å². The summed E-state index contributed by atoms with van der Waals surface area (Å²) < 4.78 is 0. The lowest BCUT2D eigenvalue weighted by molar-refractivity contribution is 0.0684. The van der Waals surface area contributed by atoms with Crippen LogP contribution < -0.4 is 0 Å². The number of rotatable bonds is 3. The lowest BCUT2D eigenvalue weighted by atomic mass is 9.90. The van der Waals surface area contributed by atoms with Crippen LogP contribution in [-0.4, -0.2) is 38.8 Å². The first-order chi connectivity index (χ1) is 12.7. The van der Waals surface area contributed by atoms with E-state index in [4.69, 9.17) is 0 Å². The number of hydrogen-bond donors (Lipinski definition) is 0. The van der Waals surface area contributed by atoms with Crippen LogP contribution in [0.1, 0.15) is 34.6 Å². The van der Waals surface area contributed by atoms with Crippen molar-refractivity contribution in [1.29, 1.82) is 0 Å². The second-order valence-corrected chi connectivity index (χ2v) is 7.02. The highest BCUT2D eigenvalue weighted by molar-refractivity contribution is 5.92. The molecule has 5 heteroatoms. The van der Waals surface area contributed by atoms with Crippen molar-refractivity contribution in [1.82, 2.24) is 19.9 Å². The van der Waals surface area contributed by atoms with Gasteiger partial charge in [-0.15, -0.1) is 0 Å². The van der Waals surface area contributed by atoms with Gasteiger partial charge in [0.05, 0.1) is 17.4 Å². The van der Waals surface area contributed by atoms with Crippen molar-refractivity contribution in [3.05, 3.63) is 65.9 Å². The Morgan fingerprint density at radius 3 is 2.65 bits per heavy atom. The van der Waals surface area contributed by atoms with Crippen molar-refractivity contribution >= 4 is 16.8 Å². The van der Waals surface area contributed by atoms with Crippen molar-refractivity contribution in [2.24, 2.45) is 5.92 Å². The molecule has 1 saturated heterocycles. The number of aryl methyl sites for hydroxylation is 1. The maximum atomic E-state index is 12.5. The number of hydrogen-bond acceptors (Lipinski definition) is 4. The number of fused-ring (bicyclic) bond motifs is 1. The van der Waals surface area contributed by atoms with Gasteiger partial charge < -0.3 is 4.90 Å². The third-order valence-corrected chi connectivity index (χ3v) is 5.07. The van der Waals surface area contributed by atoms with E-state index in [1.165, 1.54) is 10.9 Å². The normalized spacial score (nSPS) is 15.3. The zero-order valence-corrected chi connectivity index (χ0v) is 14.9. The number of amides is 1. The molecule has 3 aromatic rings. The molecule has 2 aromatic heterocycles. The molecule has 132 valence electrons. The highest BCUT2D eigenvalue weighted by Crippen LogP contribution is 2.23. The van der Waals surface area contributed by atoms with Gasteiger partial charge in [-0.1, -0.05) is 18.2 Å². The van der Waals surface area contributed by atoms with Crippen LogP contribution in [0.15, 0.2) is 48.9 Å². The van der Waals surface area contributed by atoms with Gasteiger partial charge in [-0.2, -0.15) is 0 Å². The Kier molecular flexibility index (Phi) is 4.61. The van der Waals surface area contributed by atoms with Crippen LogP contribution in [0.3, 0.4) is 0 Å². The summed E-state index contributed by atoms with van der Waals surface area (Å²) in [4.78, 5) is 27.4. The summed E-state index contributed by atoms with van der Waals surface area (Å²) in [6, 6.07) is 10.4. The van der Waals surface area contributed by atoms with E-state index < -0.39 is 0 Å². The highest BCUT2D eigenvalue weighted by atomic mass is 16.2. The van der Waals surface area contributed by atoms with Gasteiger partial charge in [-0.05, 0) is 49.8 Å². The summed E-state index contributed by atoms with van der Waals surface area (Å²) in [5.41, 5.74) is 3.57. The van der Waals surface area contributed by atoms with Crippen LogP contribution in [0.25, 0.3) is 10.9 Å². The Hall–Kier alpha value is -2.82. The number of carbonyl (C=O) groups is 1. The first-order valence-corrected chi connectivity index (χ1v) is 9.10. The van der Waals surface area contributed by atoms with Gasteiger partial charge in [0.25, 0.3) is 5.91 Å². The minimum atomic E-state index is -0.0108. The molecule has 26 heavy (non-hydrogen) atoms. The molecule has 4 rings (SSSR count). The Bertz CT molecular complexity index is 915. The molecular formula is C21H22N4O. The van der Waals surface area contributed by atoms with Crippen LogP contribution >= 0.6 is 0 Å². The predicted molar refractivity (Wildman–Crippen MR) is 101 cm³/mol. The average Bonchev–Trinajstić information content (AvgIpc) is 2.68. The van der Waals surface area contributed by atoms with Crippen molar-refractivity contribution in [2.45, 2.75) is 26.2 Å². The fourth-order valence-corrected chi connectivity index (χ4v) is 3.57. The minimum absolute atomic E-state index is 0.0108. The third kappa shape index (κ3) is 3.57. The van der Waals surface area contributed by atoms with Gasteiger partial charge in [0.15, 0.2) is 0 Å². The molecule has 3 heterocycles. The lowest BCUT2D eigenvalue weighted by Crippen LogP contribution is -2.39. The molecule has 0 spiro atoms. The van der Waals surface area contributed by atoms with Crippen molar-refractivity contribution < 1.29 is 4.79 Å². The van der Waals surface area contributed by atoms with E-state index in [1.807, 2.05) is 36.2 Å². The van der Waals surface area contributed by atoms with E-state index in [1.54, 1.807) is 12.4 Å². The average molecular weight is 346 g/mol. The molecule has 1 amide bonds. The highest BCUT2D eigenvalue weighted by Gasteiger charge is 2.24. The molecule has 0 bridgehead atoms. The van der Waals surface area contributed by atoms with Gasteiger partial charge in [-0.25, -0.2) is 4.98 Å². The number of aromatic nitrogens is 3. The molecule has 0 unspecified atom stereocenters. The summed E-state index contributed by atoms with van der Waals surface area (Å²) in [5.74, 6) is 0.578. The minimum Gasteiger partial charge on any atom is -0.337 e. The second kappa shape index (κ2) is 7.20. The molecule has 5 nitrogen and oxygen atoms in total. The Morgan fingerprint density at radius 1 is 1.08 bits per heavy atom. The van der Waals surface area contributed by atoms with Crippen LogP contribution in [-0.2, 0) is 6.42 Å².